The van der Waals surface area contributed by atoms with Crippen LogP contribution in [0.15, 0.2) is 30.5 Å². The zero-order valence-electron chi connectivity index (χ0n) is 13.4. The molecule has 2 aliphatic heterocycles. The van der Waals surface area contributed by atoms with Gasteiger partial charge in [-0.25, -0.2) is 9.07 Å². The molecule has 2 fully saturated rings. The zero-order valence-corrected chi connectivity index (χ0v) is 13.4. The molecule has 2 saturated heterocycles. The summed E-state index contributed by atoms with van der Waals surface area (Å²) < 4.78 is 14.8. The second-order valence-corrected chi connectivity index (χ2v) is 6.61. The molecular formula is C17H20FN5O. The van der Waals surface area contributed by atoms with E-state index in [1.807, 2.05) is 11.0 Å². The number of nitrogens with one attached hydrogen (secondary N) is 1. The maximum absolute atomic E-state index is 13.2. The lowest BCUT2D eigenvalue weighted by Gasteiger charge is -2.23. The molecule has 7 heteroatoms. The minimum atomic E-state index is -0.281. The molecule has 126 valence electrons. The predicted octanol–water partition coefficient (Wildman–Crippen LogP) is 1.43. The summed E-state index contributed by atoms with van der Waals surface area (Å²) in [5.41, 5.74) is 1.14. The van der Waals surface area contributed by atoms with Gasteiger partial charge in [-0.2, -0.15) is 0 Å². The largest absolute Gasteiger partial charge is 0.336 e. The number of hydrogen-bond acceptors (Lipinski definition) is 4. The highest BCUT2D eigenvalue weighted by atomic mass is 19.1. The standard InChI is InChI=1S/C17H20FN5O/c18-13-3-1-2-12(8-13)9-23-11-16(20-21-23)17(24)22-7-6-14-4-5-15(10-22)19-14/h1-3,8,11,14-15,19H,4-7,9-10H2. The Hall–Kier alpha value is -2.28. The number of nitrogens with zero attached hydrogens (tertiary/aromatic N) is 4. The Morgan fingerprint density at radius 2 is 2.17 bits per heavy atom. The van der Waals surface area contributed by atoms with Crippen molar-refractivity contribution < 1.29 is 9.18 Å². The number of aromatic nitrogens is 3. The van der Waals surface area contributed by atoms with Crippen molar-refractivity contribution in [1.82, 2.24) is 25.2 Å². The molecule has 1 aromatic heterocycles. The van der Waals surface area contributed by atoms with Crippen molar-refractivity contribution in [3.8, 4) is 0 Å². The van der Waals surface area contributed by atoms with Crippen LogP contribution in [0.3, 0.4) is 0 Å². The molecule has 3 heterocycles. The topological polar surface area (TPSA) is 63.1 Å². The molecule has 0 spiro atoms. The van der Waals surface area contributed by atoms with Crippen molar-refractivity contribution >= 4 is 5.91 Å². The Morgan fingerprint density at radius 1 is 1.29 bits per heavy atom. The molecule has 1 N–H and O–H groups in total. The molecule has 24 heavy (non-hydrogen) atoms. The Kier molecular flexibility index (Phi) is 4.02. The van der Waals surface area contributed by atoms with E-state index in [0.717, 1.165) is 31.5 Å². The summed E-state index contributed by atoms with van der Waals surface area (Å²) in [6.45, 7) is 1.88. The third kappa shape index (κ3) is 3.17. The van der Waals surface area contributed by atoms with E-state index < -0.39 is 0 Å². The highest BCUT2D eigenvalue weighted by molar-refractivity contribution is 5.92. The quantitative estimate of drug-likeness (QED) is 0.925. The number of halogens is 1. The fourth-order valence-electron chi connectivity index (χ4n) is 3.59. The van der Waals surface area contributed by atoms with E-state index in [2.05, 4.69) is 15.6 Å². The van der Waals surface area contributed by atoms with Gasteiger partial charge in [0, 0.05) is 25.2 Å². The number of benzene rings is 1. The van der Waals surface area contributed by atoms with Crippen LogP contribution < -0.4 is 5.32 Å². The van der Waals surface area contributed by atoms with Crippen LogP contribution in [0.4, 0.5) is 4.39 Å². The van der Waals surface area contributed by atoms with Crippen molar-refractivity contribution in [3.05, 3.63) is 47.5 Å². The molecular weight excluding hydrogens is 309 g/mol. The van der Waals surface area contributed by atoms with Gasteiger partial charge < -0.3 is 10.2 Å². The van der Waals surface area contributed by atoms with Crippen molar-refractivity contribution in [1.29, 1.82) is 0 Å². The molecule has 2 aromatic rings. The van der Waals surface area contributed by atoms with Gasteiger partial charge in [0.25, 0.3) is 5.91 Å². The van der Waals surface area contributed by atoms with Gasteiger partial charge in [-0.3, -0.25) is 4.79 Å². The molecule has 0 saturated carbocycles. The van der Waals surface area contributed by atoms with E-state index in [4.69, 9.17) is 0 Å². The van der Waals surface area contributed by atoms with Gasteiger partial charge >= 0.3 is 0 Å². The second-order valence-electron chi connectivity index (χ2n) is 6.61. The Morgan fingerprint density at radius 3 is 3.04 bits per heavy atom. The highest BCUT2D eigenvalue weighted by Crippen LogP contribution is 2.21. The van der Waals surface area contributed by atoms with Gasteiger partial charge in [0.2, 0.25) is 0 Å². The first-order valence-electron chi connectivity index (χ1n) is 8.37. The van der Waals surface area contributed by atoms with Gasteiger partial charge in [-0.15, -0.1) is 5.10 Å². The van der Waals surface area contributed by atoms with Crippen LogP contribution in [0.1, 0.15) is 35.3 Å². The number of likely N-dealkylation sites (tertiary alicyclic amines) is 1. The van der Waals surface area contributed by atoms with Crippen LogP contribution >= 0.6 is 0 Å². The Bertz CT molecular complexity index is 746. The van der Waals surface area contributed by atoms with Gasteiger partial charge in [-0.1, -0.05) is 17.3 Å². The van der Waals surface area contributed by atoms with E-state index in [9.17, 15) is 9.18 Å². The fraction of sp³-hybridized carbons (Fsp3) is 0.471. The fourth-order valence-corrected chi connectivity index (χ4v) is 3.59. The molecule has 2 atom stereocenters. The van der Waals surface area contributed by atoms with E-state index in [0.29, 0.717) is 24.3 Å². The first-order valence-corrected chi connectivity index (χ1v) is 8.37. The van der Waals surface area contributed by atoms with E-state index in [1.165, 1.54) is 18.6 Å². The monoisotopic (exact) mass is 329 g/mol. The van der Waals surface area contributed by atoms with Crippen LogP contribution in [-0.4, -0.2) is 51.0 Å². The molecule has 2 unspecified atom stereocenters. The first kappa shape index (κ1) is 15.3. The smallest absolute Gasteiger partial charge is 0.276 e. The van der Waals surface area contributed by atoms with Crippen LogP contribution in [0.2, 0.25) is 0 Å². The number of carbonyl (C=O) groups is 1. The summed E-state index contributed by atoms with van der Waals surface area (Å²) in [4.78, 5) is 14.5. The van der Waals surface area contributed by atoms with Gasteiger partial charge in [0.05, 0.1) is 12.7 Å². The number of rotatable bonds is 3. The normalized spacial score (nSPS) is 23.3. The first-order chi connectivity index (χ1) is 11.7. The number of carbonyl (C=O) groups excluding carboxylic acids is 1. The van der Waals surface area contributed by atoms with Gasteiger partial charge in [0.15, 0.2) is 5.69 Å². The molecule has 4 rings (SSSR count). The number of fused-ring (bicyclic) bond motifs is 2. The summed E-state index contributed by atoms with van der Waals surface area (Å²) in [7, 11) is 0. The average molecular weight is 329 g/mol. The predicted molar refractivity (Wildman–Crippen MR) is 86.0 cm³/mol. The van der Waals surface area contributed by atoms with Gasteiger partial charge in [-0.05, 0) is 37.0 Å². The van der Waals surface area contributed by atoms with Crippen LogP contribution in [-0.2, 0) is 6.54 Å². The van der Waals surface area contributed by atoms with E-state index >= 15 is 0 Å². The third-order valence-electron chi connectivity index (χ3n) is 4.80. The molecule has 0 aliphatic carbocycles. The minimum absolute atomic E-state index is 0.0742. The summed E-state index contributed by atoms with van der Waals surface area (Å²) in [5.74, 6) is -0.356. The molecule has 6 nitrogen and oxygen atoms in total. The lowest BCUT2D eigenvalue weighted by molar-refractivity contribution is 0.0742. The SMILES string of the molecule is O=C(c1cn(Cc2cccc(F)c2)nn1)N1CCC2CCC(C1)N2. The summed E-state index contributed by atoms with van der Waals surface area (Å²) >= 11 is 0. The summed E-state index contributed by atoms with van der Waals surface area (Å²) in [6.07, 6.45) is 4.96. The zero-order chi connectivity index (χ0) is 16.5. The number of hydrogen-bond donors (Lipinski definition) is 1. The Labute approximate surface area is 139 Å². The highest BCUT2D eigenvalue weighted by Gasteiger charge is 2.32. The van der Waals surface area contributed by atoms with E-state index in [1.54, 1.807) is 16.9 Å². The van der Waals surface area contributed by atoms with Crippen molar-refractivity contribution in [2.75, 3.05) is 13.1 Å². The average Bonchev–Trinajstić information content (AvgIpc) is 3.13. The minimum Gasteiger partial charge on any atom is -0.336 e. The maximum Gasteiger partial charge on any atom is 0.276 e. The van der Waals surface area contributed by atoms with E-state index in [-0.39, 0.29) is 11.7 Å². The Balaban J connectivity index is 1.45. The molecule has 1 aromatic carbocycles. The lowest BCUT2D eigenvalue weighted by Crippen LogP contribution is -2.39. The van der Waals surface area contributed by atoms with Crippen LogP contribution in [0.25, 0.3) is 0 Å². The summed E-state index contributed by atoms with van der Waals surface area (Å²) in [5, 5.41) is 11.6. The molecule has 1 amide bonds. The van der Waals surface area contributed by atoms with Crippen molar-refractivity contribution in [2.45, 2.75) is 37.9 Å². The van der Waals surface area contributed by atoms with Gasteiger partial charge in [0.1, 0.15) is 5.82 Å². The summed E-state index contributed by atoms with van der Waals surface area (Å²) in [6, 6.07) is 7.28. The van der Waals surface area contributed by atoms with Crippen LogP contribution in [0, 0.1) is 5.82 Å². The lowest BCUT2D eigenvalue weighted by atomic mass is 10.1. The molecule has 2 aliphatic rings. The molecule has 0 radical (unpaired) electrons. The van der Waals surface area contributed by atoms with Crippen molar-refractivity contribution in [2.24, 2.45) is 0 Å². The third-order valence-corrected chi connectivity index (χ3v) is 4.80. The second kappa shape index (κ2) is 6.32. The molecule has 2 bridgehead atoms. The maximum atomic E-state index is 13.2. The number of amides is 1. The van der Waals surface area contributed by atoms with Crippen LogP contribution in [0.5, 0.6) is 0 Å². The van der Waals surface area contributed by atoms with Crippen molar-refractivity contribution in [3.63, 3.8) is 0 Å².